The van der Waals surface area contributed by atoms with Gasteiger partial charge in [0.25, 0.3) is 5.91 Å². The van der Waals surface area contributed by atoms with Gasteiger partial charge in [0.1, 0.15) is 0 Å². The minimum absolute atomic E-state index is 0.170. The summed E-state index contributed by atoms with van der Waals surface area (Å²) >= 11 is 0. The molecule has 0 radical (unpaired) electrons. The summed E-state index contributed by atoms with van der Waals surface area (Å²) in [5, 5.41) is 2.88. The van der Waals surface area contributed by atoms with Crippen LogP contribution in [0.3, 0.4) is 0 Å². The second-order valence-corrected chi connectivity index (χ2v) is 6.76. The first-order chi connectivity index (χ1) is 14.1. The van der Waals surface area contributed by atoms with Gasteiger partial charge in [-0.15, -0.1) is 0 Å². The van der Waals surface area contributed by atoms with Crippen LogP contribution in [0.2, 0.25) is 0 Å². The smallest absolute Gasteiger partial charge is 0.345 e. The standard InChI is InChI=1S/C23H25NO5/c1-3-7-16-10-13-19(20(14-16)27-2)28-15-21(25)29-22(17-8-5-4-6-9-17)23(26)24-18-11-12-18/h3-10,13-14,18,22H,11-12,15H2,1-2H3,(H,24,26)/b7-3+/t22-/m1/s1. The first-order valence-electron chi connectivity index (χ1n) is 9.59. The average Bonchev–Trinajstić information content (AvgIpc) is 3.55. The van der Waals surface area contributed by atoms with Crippen molar-refractivity contribution in [3.63, 3.8) is 0 Å². The summed E-state index contributed by atoms with van der Waals surface area (Å²) in [7, 11) is 1.54. The molecular weight excluding hydrogens is 370 g/mol. The summed E-state index contributed by atoms with van der Waals surface area (Å²) < 4.78 is 16.4. The van der Waals surface area contributed by atoms with Crippen molar-refractivity contribution in [3.05, 3.63) is 65.7 Å². The van der Waals surface area contributed by atoms with Gasteiger partial charge < -0.3 is 19.5 Å². The van der Waals surface area contributed by atoms with Crippen LogP contribution in [0, 0.1) is 0 Å². The molecule has 152 valence electrons. The van der Waals surface area contributed by atoms with E-state index in [1.54, 1.807) is 30.3 Å². The monoisotopic (exact) mass is 395 g/mol. The molecule has 1 fully saturated rings. The first kappa shape index (κ1) is 20.5. The van der Waals surface area contributed by atoms with Crippen LogP contribution in [0.1, 0.15) is 37.0 Å². The zero-order valence-electron chi connectivity index (χ0n) is 16.6. The Kier molecular flexibility index (Phi) is 6.89. The Morgan fingerprint density at radius 1 is 1.14 bits per heavy atom. The summed E-state index contributed by atoms with van der Waals surface area (Å²) in [5.74, 6) is -0.0133. The first-order valence-corrected chi connectivity index (χ1v) is 9.59. The Hall–Kier alpha value is -3.28. The van der Waals surface area contributed by atoms with Crippen molar-refractivity contribution in [3.8, 4) is 11.5 Å². The van der Waals surface area contributed by atoms with E-state index in [2.05, 4.69) is 5.32 Å². The lowest BCUT2D eigenvalue weighted by Gasteiger charge is -2.18. The minimum Gasteiger partial charge on any atom is -0.493 e. The van der Waals surface area contributed by atoms with Crippen molar-refractivity contribution in [2.45, 2.75) is 31.9 Å². The van der Waals surface area contributed by atoms with Gasteiger partial charge in [0.15, 0.2) is 18.1 Å². The number of benzene rings is 2. The molecule has 2 aromatic carbocycles. The number of allylic oxidation sites excluding steroid dienone is 1. The molecule has 0 saturated heterocycles. The average molecular weight is 395 g/mol. The molecule has 0 spiro atoms. The lowest BCUT2D eigenvalue weighted by Crippen LogP contribution is -2.34. The number of carbonyl (C=O) groups is 2. The third kappa shape index (κ3) is 5.85. The van der Waals surface area contributed by atoms with Crippen LogP contribution >= 0.6 is 0 Å². The molecule has 1 N–H and O–H groups in total. The molecule has 3 rings (SSSR count). The maximum Gasteiger partial charge on any atom is 0.345 e. The van der Waals surface area contributed by atoms with E-state index in [0.29, 0.717) is 17.1 Å². The number of ether oxygens (including phenoxy) is 3. The molecule has 0 bridgehead atoms. The molecule has 6 heteroatoms. The predicted octanol–water partition coefficient (Wildman–Crippen LogP) is 3.67. The van der Waals surface area contributed by atoms with E-state index in [-0.39, 0.29) is 18.6 Å². The van der Waals surface area contributed by atoms with E-state index in [1.165, 1.54) is 7.11 Å². The zero-order chi connectivity index (χ0) is 20.6. The van der Waals surface area contributed by atoms with Crippen molar-refractivity contribution in [1.82, 2.24) is 5.32 Å². The van der Waals surface area contributed by atoms with E-state index in [1.807, 2.05) is 37.3 Å². The van der Waals surface area contributed by atoms with Crippen LogP contribution in [0.4, 0.5) is 0 Å². The van der Waals surface area contributed by atoms with E-state index in [4.69, 9.17) is 14.2 Å². The largest absolute Gasteiger partial charge is 0.493 e. The van der Waals surface area contributed by atoms with E-state index in [0.717, 1.165) is 18.4 Å². The van der Waals surface area contributed by atoms with Crippen LogP contribution in [0.15, 0.2) is 54.6 Å². The maximum atomic E-state index is 12.5. The highest BCUT2D eigenvalue weighted by atomic mass is 16.6. The molecule has 6 nitrogen and oxygen atoms in total. The highest BCUT2D eigenvalue weighted by molar-refractivity contribution is 5.85. The van der Waals surface area contributed by atoms with Crippen molar-refractivity contribution < 1.29 is 23.8 Å². The lowest BCUT2D eigenvalue weighted by atomic mass is 10.1. The molecule has 1 aliphatic carbocycles. The van der Waals surface area contributed by atoms with Gasteiger partial charge >= 0.3 is 5.97 Å². The number of esters is 1. The highest BCUT2D eigenvalue weighted by Gasteiger charge is 2.30. The highest BCUT2D eigenvalue weighted by Crippen LogP contribution is 2.29. The Morgan fingerprint density at radius 2 is 1.90 bits per heavy atom. The van der Waals surface area contributed by atoms with Crippen molar-refractivity contribution in [1.29, 1.82) is 0 Å². The number of hydrogen-bond acceptors (Lipinski definition) is 5. The van der Waals surface area contributed by atoms with E-state index < -0.39 is 12.1 Å². The molecule has 0 unspecified atom stereocenters. The SMILES string of the molecule is C/C=C/c1ccc(OCC(=O)O[C@@H](C(=O)NC2CC2)c2ccccc2)c(OC)c1. The Labute approximate surface area is 170 Å². The third-order valence-electron chi connectivity index (χ3n) is 4.41. The van der Waals surface area contributed by atoms with Gasteiger partial charge in [0.2, 0.25) is 6.10 Å². The molecule has 0 aromatic heterocycles. The summed E-state index contributed by atoms with van der Waals surface area (Å²) in [4.78, 5) is 24.9. The van der Waals surface area contributed by atoms with Crippen LogP contribution < -0.4 is 14.8 Å². The molecule has 29 heavy (non-hydrogen) atoms. The molecular formula is C23H25NO5. The van der Waals surface area contributed by atoms with E-state index >= 15 is 0 Å². The van der Waals surface area contributed by atoms with Gasteiger partial charge in [0, 0.05) is 11.6 Å². The predicted molar refractivity (Wildman–Crippen MR) is 110 cm³/mol. The molecule has 0 heterocycles. The third-order valence-corrected chi connectivity index (χ3v) is 4.41. The summed E-state index contributed by atoms with van der Waals surface area (Å²) in [6, 6.07) is 14.5. The van der Waals surface area contributed by atoms with Gasteiger partial charge in [-0.3, -0.25) is 4.79 Å². The number of carbonyl (C=O) groups excluding carboxylic acids is 2. The topological polar surface area (TPSA) is 73.9 Å². The number of amides is 1. The van der Waals surface area contributed by atoms with E-state index in [9.17, 15) is 9.59 Å². The van der Waals surface area contributed by atoms with Gasteiger partial charge in [-0.25, -0.2) is 4.79 Å². The maximum absolute atomic E-state index is 12.5. The van der Waals surface area contributed by atoms with Crippen LogP contribution in [-0.2, 0) is 14.3 Å². The van der Waals surface area contributed by atoms with Crippen molar-refractivity contribution in [2.75, 3.05) is 13.7 Å². The fourth-order valence-corrected chi connectivity index (χ4v) is 2.81. The summed E-state index contributed by atoms with van der Waals surface area (Å²) in [6.45, 7) is 1.59. The van der Waals surface area contributed by atoms with Crippen molar-refractivity contribution >= 4 is 18.0 Å². The Balaban J connectivity index is 1.65. The molecule has 1 atom stereocenters. The summed E-state index contributed by atoms with van der Waals surface area (Å²) in [6.07, 6.45) is 4.75. The number of hydrogen-bond donors (Lipinski definition) is 1. The van der Waals surface area contributed by atoms with Gasteiger partial charge in [-0.1, -0.05) is 48.6 Å². The molecule has 1 aliphatic rings. The van der Waals surface area contributed by atoms with Crippen LogP contribution in [0.5, 0.6) is 11.5 Å². The number of rotatable bonds is 9. The number of methoxy groups -OCH3 is 1. The fraction of sp³-hybridized carbons (Fsp3) is 0.304. The number of nitrogens with one attached hydrogen (secondary N) is 1. The molecule has 1 amide bonds. The fourth-order valence-electron chi connectivity index (χ4n) is 2.81. The Bertz CT molecular complexity index is 874. The lowest BCUT2D eigenvalue weighted by molar-refractivity contribution is -0.158. The van der Waals surface area contributed by atoms with Gasteiger partial charge in [-0.05, 0) is 37.5 Å². The molecule has 2 aromatic rings. The zero-order valence-corrected chi connectivity index (χ0v) is 16.6. The van der Waals surface area contributed by atoms with Gasteiger partial charge in [-0.2, -0.15) is 0 Å². The summed E-state index contributed by atoms with van der Waals surface area (Å²) in [5.41, 5.74) is 1.58. The molecule has 1 saturated carbocycles. The van der Waals surface area contributed by atoms with Crippen molar-refractivity contribution in [2.24, 2.45) is 0 Å². The normalized spacial score (nSPS) is 14.3. The second kappa shape index (κ2) is 9.78. The van der Waals surface area contributed by atoms with Crippen LogP contribution in [0.25, 0.3) is 6.08 Å². The minimum atomic E-state index is -1.01. The van der Waals surface area contributed by atoms with Gasteiger partial charge in [0.05, 0.1) is 7.11 Å². The van der Waals surface area contributed by atoms with Crippen LogP contribution in [-0.4, -0.2) is 31.6 Å². The molecule has 0 aliphatic heterocycles. The Morgan fingerprint density at radius 3 is 2.55 bits per heavy atom. The second-order valence-electron chi connectivity index (χ2n) is 6.76. The quantitative estimate of drug-likeness (QED) is 0.656.